The maximum Gasteiger partial charge on any atom is 0.387 e. The molecule has 0 radical (unpaired) electrons. The zero-order valence-corrected chi connectivity index (χ0v) is 14.0. The van der Waals surface area contributed by atoms with E-state index in [2.05, 4.69) is 9.64 Å². The van der Waals surface area contributed by atoms with Gasteiger partial charge in [0.05, 0.1) is 11.2 Å². The van der Waals surface area contributed by atoms with E-state index in [0.29, 0.717) is 39.1 Å². The Morgan fingerprint density at radius 3 is 2.50 bits per heavy atom. The molecule has 24 heavy (non-hydrogen) atoms. The van der Waals surface area contributed by atoms with Crippen LogP contribution in [0.25, 0.3) is 0 Å². The molecule has 1 aromatic rings. The fourth-order valence-electron chi connectivity index (χ4n) is 2.72. The molecule has 7 heteroatoms. The van der Waals surface area contributed by atoms with Gasteiger partial charge < -0.3 is 14.7 Å². The van der Waals surface area contributed by atoms with Gasteiger partial charge in [0.1, 0.15) is 5.75 Å². The maximum absolute atomic E-state index is 12.6. The van der Waals surface area contributed by atoms with Crippen LogP contribution in [0.1, 0.15) is 30.6 Å². The van der Waals surface area contributed by atoms with E-state index >= 15 is 0 Å². The number of halogens is 2. The fourth-order valence-corrected chi connectivity index (χ4v) is 2.72. The van der Waals surface area contributed by atoms with Crippen LogP contribution < -0.4 is 4.74 Å². The molecule has 1 aliphatic heterocycles. The summed E-state index contributed by atoms with van der Waals surface area (Å²) in [6, 6.07) is 6.04. The third kappa shape index (κ3) is 4.88. The molecule has 1 atom stereocenters. The molecule has 1 amide bonds. The maximum atomic E-state index is 12.6. The van der Waals surface area contributed by atoms with E-state index in [1.807, 2.05) is 6.92 Å². The summed E-state index contributed by atoms with van der Waals surface area (Å²) >= 11 is 0. The van der Waals surface area contributed by atoms with Crippen LogP contribution >= 0.6 is 0 Å². The Morgan fingerprint density at radius 2 is 1.92 bits per heavy atom. The molecule has 0 aromatic heterocycles. The summed E-state index contributed by atoms with van der Waals surface area (Å²) in [5.74, 6) is -0.415. The molecule has 0 bridgehead atoms. The summed E-state index contributed by atoms with van der Waals surface area (Å²) in [6.45, 7) is 3.56. The standard InChI is InChI=1S/C17H24F2N2O3/c1-3-17(2,23)12-20-8-10-21(11-9-20)15(22)13-6-4-5-7-14(13)24-16(18)19/h4-7,16,23H,3,8-12H2,1-2H3. The third-order valence-electron chi connectivity index (χ3n) is 4.32. The van der Waals surface area contributed by atoms with Gasteiger partial charge in [-0.3, -0.25) is 9.69 Å². The highest BCUT2D eigenvalue weighted by Crippen LogP contribution is 2.23. The van der Waals surface area contributed by atoms with Crippen molar-refractivity contribution < 1.29 is 23.4 Å². The second-order valence-electron chi connectivity index (χ2n) is 6.29. The second-order valence-corrected chi connectivity index (χ2v) is 6.29. The summed E-state index contributed by atoms with van der Waals surface area (Å²) in [4.78, 5) is 16.3. The smallest absolute Gasteiger partial charge is 0.387 e. The van der Waals surface area contributed by atoms with E-state index in [1.165, 1.54) is 12.1 Å². The van der Waals surface area contributed by atoms with Crippen molar-refractivity contribution in [2.24, 2.45) is 0 Å². The molecule has 1 aliphatic rings. The molecule has 2 rings (SSSR count). The molecule has 0 aliphatic carbocycles. The van der Waals surface area contributed by atoms with Crippen molar-refractivity contribution in [3.63, 3.8) is 0 Å². The van der Waals surface area contributed by atoms with Crippen molar-refractivity contribution in [1.29, 1.82) is 0 Å². The van der Waals surface area contributed by atoms with Crippen molar-refractivity contribution in [2.75, 3.05) is 32.7 Å². The van der Waals surface area contributed by atoms with E-state index < -0.39 is 12.2 Å². The number of aliphatic hydroxyl groups is 1. The quantitative estimate of drug-likeness (QED) is 0.861. The van der Waals surface area contributed by atoms with Gasteiger partial charge in [-0.2, -0.15) is 8.78 Å². The topological polar surface area (TPSA) is 53.0 Å². The number of carbonyl (C=O) groups excluding carboxylic acids is 1. The molecule has 1 fully saturated rings. The Bertz CT molecular complexity index is 559. The second kappa shape index (κ2) is 7.90. The third-order valence-corrected chi connectivity index (χ3v) is 4.32. The molecular weight excluding hydrogens is 318 g/mol. The van der Waals surface area contributed by atoms with Gasteiger partial charge in [0.25, 0.3) is 5.91 Å². The minimum atomic E-state index is -2.97. The van der Waals surface area contributed by atoms with Crippen molar-refractivity contribution in [1.82, 2.24) is 9.80 Å². The van der Waals surface area contributed by atoms with Gasteiger partial charge >= 0.3 is 6.61 Å². The van der Waals surface area contributed by atoms with Crippen LogP contribution in [0, 0.1) is 0 Å². The van der Waals surface area contributed by atoms with Gasteiger partial charge in [0.2, 0.25) is 0 Å². The normalized spacial score (nSPS) is 18.5. The zero-order chi connectivity index (χ0) is 17.7. The molecule has 5 nitrogen and oxygen atoms in total. The highest BCUT2D eigenvalue weighted by Gasteiger charge is 2.28. The molecular formula is C17H24F2N2O3. The van der Waals surface area contributed by atoms with Crippen LogP contribution in [0.3, 0.4) is 0 Å². The number of piperazine rings is 1. The highest BCUT2D eigenvalue weighted by molar-refractivity contribution is 5.97. The predicted molar refractivity (Wildman–Crippen MR) is 86.3 cm³/mol. The Kier molecular flexibility index (Phi) is 6.12. The van der Waals surface area contributed by atoms with Gasteiger partial charge in [-0.05, 0) is 25.5 Å². The summed E-state index contributed by atoms with van der Waals surface area (Å²) in [5, 5.41) is 10.1. The Hall–Kier alpha value is -1.73. The monoisotopic (exact) mass is 342 g/mol. The van der Waals surface area contributed by atoms with Crippen LogP contribution in [-0.2, 0) is 0 Å². The van der Waals surface area contributed by atoms with E-state index in [1.54, 1.807) is 24.0 Å². The lowest BCUT2D eigenvalue weighted by Crippen LogP contribution is -2.52. The van der Waals surface area contributed by atoms with Gasteiger partial charge in [-0.1, -0.05) is 19.1 Å². The summed E-state index contributed by atoms with van der Waals surface area (Å²) in [5.41, 5.74) is -0.601. The molecule has 1 heterocycles. The van der Waals surface area contributed by atoms with Crippen LogP contribution in [-0.4, -0.2) is 65.7 Å². The summed E-state index contributed by atoms with van der Waals surface area (Å²) < 4.78 is 29.4. The number of alkyl halides is 2. The average molecular weight is 342 g/mol. The molecule has 1 saturated heterocycles. The van der Waals surface area contributed by atoms with Crippen molar-refractivity contribution >= 4 is 5.91 Å². The minimum absolute atomic E-state index is 0.103. The van der Waals surface area contributed by atoms with Crippen LogP contribution in [0.4, 0.5) is 8.78 Å². The zero-order valence-electron chi connectivity index (χ0n) is 14.0. The first-order chi connectivity index (χ1) is 11.3. The largest absolute Gasteiger partial charge is 0.434 e. The Morgan fingerprint density at radius 1 is 1.29 bits per heavy atom. The van der Waals surface area contributed by atoms with Crippen LogP contribution in [0.2, 0.25) is 0 Å². The highest BCUT2D eigenvalue weighted by atomic mass is 19.3. The predicted octanol–water partition coefficient (Wildman–Crippen LogP) is 2.21. The minimum Gasteiger partial charge on any atom is -0.434 e. The van der Waals surface area contributed by atoms with Crippen LogP contribution in [0.15, 0.2) is 24.3 Å². The Labute approximate surface area is 140 Å². The SMILES string of the molecule is CCC(C)(O)CN1CCN(C(=O)c2ccccc2OC(F)F)CC1. The fraction of sp³-hybridized carbons (Fsp3) is 0.588. The lowest BCUT2D eigenvalue weighted by atomic mass is 10.0. The molecule has 1 aromatic carbocycles. The number of para-hydroxylation sites is 1. The number of hydrogen-bond acceptors (Lipinski definition) is 4. The molecule has 134 valence electrons. The van der Waals surface area contributed by atoms with Crippen molar-refractivity contribution in [3.05, 3.63) is 29.8 Å². The van der Waals surface area contributed by atoms with E-state index in [9.17, 15) is 18.7 Å². The van der Waals surface area contributed by atoms with Gasteiger partial charge in [-0.25, -0.2) is 0 Å². The average Bonchev–Trinajstić information content (AvgIpc) is 2.54. The Balaban J connectivity index is 1.98. The first kappa shape index (κ1) is 18.6. The number of rotatable bonds is 6. The summed E-state index contributed by atoms with van der Waals surface area (Å²) in [6.07, 6.45) is 0.657. The summed E-state index contributed by atoms with van der Waals surface area (Å²) in [7, 11) is 0. The van der Waals surface area contributed by atoms with Crippen molar-refractivity contribution in [2.45, 2.75) is 32.5 Å². The number of nitrogens with zero attached hydrogens (tertiary/aromatic N) is 2. The lowest BCUT2D eigenvalue weighted by molar-refractivity contribution is -0.0503. The molecule has 1 unspecified atom stereocenters. The number of ether oxygens (including phenoxy) is 1. The van der Waals surface area contributed by atoms with Gasteiger partial charge in [-0.15, -0.1) is 0 Å². The van der Waals surface area contributed by atoms with Crippen LogP contribution in [0.5, 0.6) is 5.75 Å². The van der Waals surface area contributed by atoms with Gasteiger partial charge in [0, 0.05) is 32.7 Å². The number of carbonyl (C=O) groups is 1. The van der Waals surface area contributed by atoms with Crippen molar-refractivity contribution in [3.8, 4) is 5.75 Å². The number of β-amino-alcohol motifs (C(OH)–C–C–N with tert-alkyl or cyclic N) is 1. The first-order valence-corrected chi connectivity index (χ1v) is 8.10. The van der Waals surface area contributed by atoms with Gasteiger partial charge in [0.15, 0.2) is 0 Å². The van der Waals surface area contributed by atoms with E-state index in [4.69, 9.17) is 0 Å². The molecule has 1 N–H and O–H groups in total. The number of amides is 1. The van der Waals surface area contributed by atoms with E-state index in [-0.39, 0.29) is 17.2 Å². The number of benzene rings is 1. The lowest BCUT2D eigenvalue weighted by Gasteiger charge is -2.38. The first-order valence-electron chi connectivity index (χ1n) is 8.10. The van der Waals surface area contributed by atoms with E-state index in [0.717, 1.165) is 0 Å². The molecule has 0 spiro atoms. The number of hydrogen-bond donors (Lipinski definition) is 1. The molecule has 0 saturated carbocycles.